The number of nitrogens with two attached hydrogens (primary N) is 1. The zero-order chi connectivity index (χ0) is 14.0. The van der Waals surface area contributed by atoms with E-state index in [9.17, 15) is 9.18 Å². The van der Waals surface area contributed by atoms with Gasteiger partial charge in [-0.25, -0.2) is 4.39 Å². The highest BCUT2D eigenvalue weighted by molar-refractivity contribution is 6.06. The molecule has 3 N–H and O–H groups in total. The molecule has 2 aromatic carbocycles. The molecule has 5 heteroatoms. The van der Waals surface area contributed by atoms with Gasteiger partial charge in [0.15, 0.2) is 0 Å². The molecule has 0 spiro atoms. The second kappa shape index (κ2) is 4.97. The molecule has 0 unspecified atom stereocenters. The maximum Gasteiger partial charge on any atom is 0.260 e. The minimum atomic E-state index is -0.763. The lowest BCUT2D eigenvalue weighted by Crippen LogP contribution is -2.27. The number of nitrogen functional groups attached to an aromatic ring is 1. The van der Waals surface area contributed by atoms with E-state index in [4.69, 9.17) is 10.8 Å². The molecule has 0 saturated heterocycles. The third kappa shape index (κ3) is 2.65. The van der Waals surface area contributed by atoms with Crippen molar-refractivity contribution in [2.75, 3.05) is 17.7 Å². The van der Waals surface area contributed by atoms with E-state index in [1.165, 1.54) is 24.1 Å². The summed E-state index contributed by atoms with van der Waals surface area (Å²) in [5, 5.41) is 9.13. The Hall–Kier alpha value is -2.56. The molecular formula is C14H13FN2O2. The number of hydrogen-bond donors (Lipinski definition) is 2. The first kappa shape index (κ1) is 12.9. The quantitative estimate of drug-likeness (QED) is 0.815. The molecule has 0 heterocycles. The molecule has 4 nitrogen and oxygen atoms in total. The highest BCUT2D eigenvalue weighted by atomic mass is 19.1. The number of benzene rings is 2. The van der Waals surface area contributed by atoms with Crippen LogP contribution in [0.3, 0.4) is 0 Å². The number of halogens is 1. The van der Waals surface area contributed by atoms with Gasteiger partial charge >= 0.3 is 0 Å². The molecule has 1 amide bonds. The minimum absolute atomic E-state index is 0.109. The second-order valence-electron chi connectivity index (χ2n) is 4.12. The first-order chi connectivity index (χ1) is 8.99. The molecule has 0 aromatic heterocycles. The summed E-state index contributed by atoms with van der Waals surface area (Å²) in [6, 6.07) is 10.1. The standard InChI is InChI=1S/C14H13FN2O2/c1-17(10-4-2-3-9(16)7-10)14(19)12-6-5-11(18)8-13(12)15/h2-8,18H,16H2,1H3. The lowest BCUT2D eigenvalue weighted by Gasteiger charge is -2.18. The summed E-state index contributed by atoms with van der Waals surface area (Å²) in [7, 11) is 1.53. The van der Waals surface area contributed by atoms with E-state index in [0.29, 0.717) is 11.4 Å². The fourth-order valence-corrected chi connectivity index (χ4v) is 1.71. The molecule has 19 heavy (non-hydrogen) atoms. The van der Waals surface area contributed by atoms with E-state index in [2.05, 4.69) is 0 Å². The van der Waals surface area contributed by atoms with Crippen LogP contribution < -0.4 is 10.6 Å². The first-order valence-electron chi connectivity index (χ1n) is 5.61. The third-order valence-corrected chi connectivity index (χ3v) is 2.75. The van der Waals surface area contributed by atoms with Crippen molar-refractivity contribution in [2.24, 2.45) is 0 Å². The van der Waals surface area contributed by atoms with Gasteiger partial charge in [-0.15, -0.1) is 0 Å². The van der Waals surface area contributed by atoms with Crippen LogP contribution in [0.25, 0.3) is 0 Å². The monoisotopic (exact) mass is 260 g/mol. The smallest absolute Gasteiger partial charge is 0.260 e. The summed E-state index contributed by atoms with van der Waals surface area (Å²) < 4.78 is 13.6. The van der Waals surface area contributed by atoms with E-state index < -0.39 is 11.7 Å². The molecule has 0 bridgehead atoms. The Morgan fingerprint density at radius 3 is 2.63 bits per heavy atom. The predicted octanol–water partition coefficient (Wildman–Crippen LogP) is 2.39. The fourth-order valence-electron chi connectivity index (χ4n) is 1.71. The number of nitrogens with zero attached hydrogens (tertiary/aromatic N) is 1. The van der Waals surface area contributed by atoms with E-state index in [1.54, 1.807) is 24.3 Å². The number of rotatable bonds is 2. The van der Waals surface area contributed by atoms with Gasteiger partial charge in [0.05, 0.1) is 5.56 Å². The van der Waals surface area contributed by atoms with Gasteiger partial charge < -0.3 is 15.7 Å². The maximum absolute atomic E-state index is 13.6. The molecular weight excluding hydrogens is 247 g/mol. The van der Waals surface area contributed by atoms with Gasteiger partial charge in [-0.2, -0.15) is 0 Å². The van der Waals surface area contributed by atoms with Gasteiger partial charge in [-0.3, -0.25) is 4.79 Å². The SMILES string of the molecule is CN(C(=O)c1ccc(O)cc1F)c1cccc(N)c1. The molecule has 2 rings (SSSR count). The van der Waals surface area contributed by atoms with Gasteiger partial charge in [-0.1, -0.05) is 6.07 Å². The van der Waals surface area contributed by atoms with Gasteiger partial charge in [-0.05, 0) is 30.3 Å². The van der Waals surface area contributed by atoms with Crippen molar-refractivity contribution in [2.45, 2.75) is 0 Å². The Labute approximate surface area is 109 Å². The minimum Gasteiger partial charge on any atom is -0.508 e. The van der Waals surface area contributed by atoms with Gasteiger partial charge in [0.2, 0.25) is 0 Å². The van der Waals surface area contributed by atoms with E-state index in [0.717, 1.165) is 6.07 Å². The molecule has 0 fully saturated rings. The summed E-state index contributed by atoms with van der Waals surface area (Å²) in [5.41, 5.74) is 6.62. The zero-order valence-electron chi connectivity index (χ0n) is 10.3. The van der Waals surface area contributed by atoms with Crippen LogP contribution in [0.15, 0.2) is 42.5 Å². The van der Waals surface area contributed by atoms with Gasteiger partial charge in [0, 0.05) is 24.5 Å². The fraction of sp³-hybridized carbons (Fsp3) is 0.0714. The number of phenolic OH excluding ortho intramolecular Hbond substituents is 1. The van der Waals surface area contributed by atoms with Crippen molar-refractivity contribution in [3.63, 3.8) is 0 Å². The van der Waals surface area contributed by atoms with Crippen LogP contribution in [0.1, 0.15) is 10.4 Å². The Morgan fingerprint density at radius 2 is 2.00 bits per heavy atom. The lowest BCUT2D eigenvalue weighted by atomic mass is 10.1. The zero-order valence-corrected chi connectivity index (χ0v) is 10.3. The Bertz CT molecular complexity index is 629. The van der Waals surface area contributed by atoms with Crippen LogP contribution in [-0.4, -0.2) is 18.1 Å². The Kier molecular flexibility index (Phi) is 3.37. The Balaban J connectivity index is 2.33. The number of aromatic hydroxyl groups is 1. The number of anilines is 2. The first-order valence-corrected chi connectivity index (χ1v) is 5.61. The summed E-state index contributed by atoms with van der Waals surface area (Å²) >= 11 is 0. The largest absolute Gasteiger partial charge is 0.508 e. The number of phenols is 1. The summed E-state index contributed by atoms with van der Waals surface area (Å²) in [6.45, 7) is 0. The molecule has 0 radical (unpaired) electrons. The number of carbonyl (C=O) groups excluding carboxylic acids is 1. The number of hydrogen-bond acceptors (Lipinski definition) is 3. The molecule has 0 aliphatic rings. The Morgan fingerprint density at radius 1 is 1.26 bits per heavy atom. The molecule has 0 aliphatic carbocycles. The van der Waals surface area contributed by atoms with Crippen molar-refractivity contribution in [3.8, 4) is 5.75 Å². The lowest BCUT2D eigenvalue weighted by molar-refractivity contribution is 0.0989. The van der Waals surface area contributed by atoms with Crippen LogP contribution in [0.4, 0.5) is 15.8 Å². The molecule has 0 atom stereocenters. The topological polar surface area (TPSA) is 66.6 Å². The summed E-state index contributed by atoms with van der Waals surface area (Å²) in [6.07, 6.45) is 0. The van der Waals surface area contributed by atoms with Crippen LogP contribution >= 0.6 is 0 Å². The highest BCUT2D eigenvalue weighted by Gasteiger charge is 2.17. The molecule has 0 aliphatic heterocycles. The third-order valence-electron chi connectivity index (χ3n) is 2.75. The predicted molar refractivity (Wildman–Crippen MR) is 71.7 cm³/mol. The maximum atomic E-state index is 13.6. The normalized spacial score (nSPS) is 10.2. The highest BCUT2D eigenvalue weighted by Crippen LogP contribution is 2.21. The molecule has 98 valence electrons. The van der Waals surface area contributed by atoms with E-state index >= 15 is 0 Å². The van der Waals surface area contributed by atoms with Crippen molar-refractivity contribution >= 4 is 17.3 Å². The summed E-state index contributed by atoms with van der Waals surface area (Å²) in [5.74, 6) is -1.50. The van der Waals surface area contributed by atoms with Gasteiger partial charge in [0.1, 0.15) is 11.6 Å². The van der Waals surface area contributed by atoms with Crippen molar-refractivity contribution in [1.29, 1.82) is 0 Å². The van der Waals surface area contributed by atoms with E-state index in [1.807, 2.05) is 0 Å². The molecule has 2 aromatic rings. The van der Waals surface area contributed by atoms with Gasteiger partial charge in [0.25, 0.3) is 5.91 Å². The molecule has 0 saturated carbocycles. The average molecular weight is 260 g/mol. The number of amides is 1. The van der Waals surface area contributed by atoms with Crippen molar-refractivity contribution in [3.05, 3.63) is 53.8 Å². The summed E-state index contributed by atoms with van der Waals surface area (Å²) in [4.78, 5) is 13.4. The van der Waals surface area contributed by atoms with Crippen LogP contribution in [0, 0.1) is 5.82 Å². The van der Waals surface area contributed by atoms with Crippen molar-refractivity contribution < 1.29 is 14.3 Å². The van der Waals surface area contributed by atoms with Crippen LogP contribution in [0.2, 0.25) is 0 Å². The van der Waals surface area contributed by atoms with Crippen LogP contribution in [-0.2, 0) is 0 Å². The second-order valence-corrected chi connectivity index (χ2v) is 4.12. The number of carbonyl (C=O) groups is 1. The van der Waals surface area contributed by atoms with Crippen molar-refractivity contribution in [1.82, 2.24) is 0 Å². The average Bonchev–Trinajstić information content (AvgIpc) is 2.37. The van der Waals surface area contributed by atoms with Crippen LogP contribution in [0.5, 0.6) is 5.75 Å². The van der Waals surface area contributed by atoms with E-state index in [-0.39, 0.29) is 11.3 Å².